The maximum Gasteiger partial charge on any atom is 0.248 e. The van der Waals surface area contributed by atoms with Crippen molar-refractivity contribution in [3.05, 3.63) is 82.6 Å². The average molecular weight is 490 g/mol. The highest BCUT2D eigenvalue weighted by Crippen LogP contribution is 2.41. The first-order valence-corrected chi connectivity index (χ1v) is 11.8. The second-order valence-corrected chi connectivity index (χ2v) is 8.78. The highest BCUT2D eigenvalue weighted by Gasteiger charge is 2.19. The van der Waals surface area contributed by atoms with E-state index < -0.39 is 0 Å². The molecule has 180 valence electrons. The zero-order valence-electron chi connectivity index (χ0n) is 20.5. The average Bonchev–Trinajstić information content (AvgIpc) is 3.27. The van der Waals surface area contributed by atoms with Crippen LogP contribution >= 0.6 is 11.6 Å². The highest BCUT2D eigenvalue weighted by atomic mass is 35.5. The number of carbonyl (C=O) groups excluding carboxylic acids is 1. The molecule has 0 bridgehead atoms. The summed E-state index contributed by atoms with van der Waals surface area (Å²) in [5, 5.41) is 4.43. The minimum atomic E-state index is -0.242. The molecule has 5 nitrogen and oxygen atoms in total. The third-order valence-corrected chi connectivity index (χ3v) is 6.18. The zero-order valence-corrected chi connectivity index (χ0v) is 21.2. The molecule has 35 heavy (non-hydrogen) atoms. The summed E-state index contributed by atoms with van der Waals surface area (Å²) in [7, 11) is 1.65. The maximum atomic E-state index is 12.9. The predicted molar refractivity (Wildman–Crippen MR) is 143 cm³/mol. The number of aryl methyl sites for hydroxylation is 2. The van der Waals surface area contributed by atoms with E-state index in [0.29, 0.717) is 23.1 Å². The minimum absolute atomic E-state index is 0.242. The van der Waals surface area contributed by atoms with E-state index in [1.54, 1.807) is 31.6 Å². The van der Waals surface area contributed by atoms with Gasteiger partial charge in [0.25, 0.3) is 0 Å². The van der Waals surface area contributed by atoms with Crippen LogP contribution in [0.5, 0.6) is 11.5 Å². The van der Waals surface area contributed by atoms with Crippen molar-refractivity contribution < 1.29 is 18.7 Å². The molecule has 0 unspecified atom stereocenters. The molecule has 1 amide bonds. The number of carbonyl (C=O) groups is 1. The molecule has 0 spiro atoms. The van der Waals surface area contributed by atoms with Gasteiger partial charge in [-0.05, 0) is 74.7 Å². The third kappa shape index (κ3) is 5.05. The Hall–Kier alpha value is -3.70. The molecule has 0 aliphatic carbocycles. The summed E-state index contributed by atoms with van der Waals surface area (Å²) in [6, 6.07) is 15.3. The van der Waals surface area contributed by atoms with E-state index in [1.807, 2.05) is 64.1 Å². The van der Waals surface area contributed by atoms with Crippen LogP contribution in [0.15, 0.2) is 65.3 Å². The van der Waals surface area contributed by atoms with Crippen LogP contribution in [0.2, 0.25) is 5.02 Å². The van der Waals surface area contributed by atoms with Crippen molar-refractivity contribution in [2.75, 3.05) is 19.0 Å². The molecule has 1 aromatic heterocycles. The molecule has 6 heteroatoms. The Morgan fingerprint density at radius 3 is 2.69 bits per heavy atom. The van der Waals surface area contributed by atoms with Gasteiger partial charge >= 0.3 is 0 Å². The Morgan fingerprint density at radius 1 is 1.14 bits per heavy atom. The molecule has 3 aromatic carbocycles. The number of hydrogen-bond acceptors (Lipinski definition) is 4. The SMILES string of the molecule is CCOc1c(/C(C)=C/C(=O)Nc2cc(Cl)ccc2C)cc2c(-c3cccc(OC)c3)coc2c1C. The number of nitrogens with one attached hydrogen (secondary N) is 1. The van der Waals surface area contributed by atoms with Crippen molar-refractivity contribution in [3.8, 4) is 22.6 Å². The second-order valence-electron chi connectivity index (χ2n) is 8.35. The first kappa shape index (κ1) is 24.4. The first-order chi connectivity index (χ1) is 16.8. The van der Waals surface area contributed by atoms with Crippen molar-refractivity contribution in [1.29, 1.82) is 0 Å². The van der Waals surface area contributed by atoms with Gasteiger partial charge in [0.05, 0.1) is 20.0 Å². The van der Waals surface area contributed by atoms with Crippen LogP contribution in [0, 0.1) is 13.8 Å². The number of furan rings is 1. The quantitative estimate of drug-likeness (QED) is 0.269. The molecule has 4 aromatic rings. The van der Waals surface area contributed by atoms with E-state index in [1.165, 1.54) is 0 Å². The van der Waals surface area contributed by atoms with Crippen LogP contribution in [0.4, 0.5) is 5.69 Å². The van der Waals surface area contributed by atoms with E-state index in [9.17, 15) is 4.79 Å². The Balaban J connectivity index is 1.79. The van der Waals surface area contributed by atoms with Crippen molar-refractivity contribution in [3.63, 3.8) is 0 Å². The van der Waals surface area contributed by atoms with E-state index in [-0.39, 0.29) is 5.91 Å². The van der Waals surface area contributed by atoms with E-state index >= 15 is 0 Å². The number of methoxy groups -OCH3 is 1. The number of benzene rings is 3. The topological polar surface area (TPSA) is 60.7 Å². The van der Waals surface area contributed by atoms with Gasteiger partial charge < -0.3 is 19.2 Å². The lowest BCUT2D eigenvalue weighted by Crippen LogP contribution is -2.10. The lowest BCUT2D eigenvalue weighted by atomic mass is 9.96. The zero-order chi connectivity index (χ0) is 25.1. The maximum absolute atomic E-state index is 12.9. The van der Waals surface area contributed by atoms with Gasteiger partial charge in [0, 0.05) is 38.9 Å². The van der Waals surface area contributed by atoms with Crippen molar-refractivity contribution in [2.45, 2.75) is 27.7 Å². The molecule has 1 N–H and O–H groups in total. The molecule has 0 atom stereocenters. The fourth-order valence-electron chi connectivity index (χ4n) is 4.13. The number of allylic oxidation sites excluding steroid dienone is 1. The molecule has 0 saturated carbocycles. The molecule has 0 saturated heterocycles. The number of ether oxygens (including phenoxy) is 2. The van der Waals surface area contributed by atoms with Crippen molar-refractivity contribution in [2.24, 2.45) is 0 Å². The van der Waals surface area contributed by atoms with Crippen LogP contribution in [0.25, 0.3) is 27.7 Å². The summed E-state index contributed by atoms with van der Waals surface area (Å²) in [5.74, 6) is 1.23. The van der Waals surface area contributed by atoms with Gasteiger partial charge in [0.2, 0.25) is 5.91 Å². The smallest absolute Gasteiger partial charge is 0.248 e. The van der Waals surface area contributed by atoms with Gasteiger partial charge in [0.1, 0.15) is 17.1 Å². The Bertz CT molecular complexity index is 1430. The largest absolute Gasteiger partial charge is 0.497 e. The summed E-state index contributed by atoms with van der Waals surface area (Å²) >= 11 is 6.10. The van der Waals surface area contributed by atoms with Gasteiger partial charge in [-0.25, -0.2) is 0 Å². The lowest BCUT2D eigenvalue weighted by Gasteiger charge is -2.15. The highest BCUT2D eigenvalue weighted by molar-refractivity contribution is 6.31. The summed E-state index contributed by atoms with van der Waals surface area (Å²) in [6.45, 7) is 8.22. The van der Waals surface area contributed by atoms with Crippen LogP contribution in [0.1, 0.15) is 30.5 Å². The number of hydrogen-bond donors (Lipinski definition) is 1. The Labute approximate surface area is 210 Å². The van der Waals surface area contributed by atoms with E-state index in [4.69, 9.17) is 25.5 Å². The molecule has 0 aliphatic heterocycles. The normalized spacial score (nSPS) is 11.5. The van der Waals surface area contributed by atoms with Crippen molar-refractivity contribution >= 4 is 39.7 Å². The van der Waals surface area contributed by atoms with Crippen LogP contribution < -0.4 is 14.8 Å². The summed E-state index contributed by atoms with van der Waals surface area (Å²) in [5.41, 5.74) is 6.77. The van der Waals surface area contributed by atoms with Gasteiger partial charge in [-0.1, -0.05) is 29.8 Å². The third-order valence-electron chi connectivity index (χ3n) is 5.94. The molecule has 0 aliphatic rings. The number of rotatable bonds is 7. The fourth-order valence-corrected chi connectivity index (χ4v) is 4.30. The minimum Gasteiger partial charge on any atom is -0.497 e. The van der Waals surface area contributed by atoms with E-state index in [2.05, 4.69) is 5.32 Å². The fraction of sp³-hybridized carbons (Fsp3) is 0.207. The van der Waals surface area contributed by atoms with Gasteiger partial charge in [-0.3, -0.25) is 4.79 Å². The standard InChI is InChI=1S/C29H28ClNO4/c1-6-34-28-19(4)29-24(25(16-35-29)20-8-7-9-22(13-20)33-5)15-23(28)18(3)12-27(32)31-26-14-21(30)11-10-17(26)2/h7-16H,6H2,1-5H3,(H,31,32)/b18-12+. The molecule has 1 heterocycles. The van der Waals surface area contributed by atoms with Crippen LogP contribution in [-0.2, 0) is 4.79 Å². The number of amides is 1. The lowest BCUT2D eigenvalue weighted by molar-refractivity contribution is -0.111. The molecule has 0 radical (unpaired) electrons. The monoisotopic (exact) mass is 489 g/mol. The van der Waals surface area contributed by atoms with E-state index in [0.717, 1.165) is 50.1 Å². The molecule has 0 fully saturated rings. The van der Waals surface area contributed by atoms with Crippen LogP contribution in [0.3, 0.4) is 0 Å². The van der Waals surface area contributed by atoms with Crippen molar-refractivity contribution in [1.82, 2.24) is 0 Å². The Morgan fingerprint density at radius 2 is 1.94 bits per heavy atom. The molecular weight excluding hydrogens is 462 g/mol. The summed E-state index contributed by atoms with van der Waals surface area (Å²) in [6.07, 6.45) is 3.33. The Kier molecular flexibility index (Phi) is 7.17. The van der Waals surface area contributed by atoms with Gasteiger partial charge in [-0.2, -0.15) is 0 Å². The molecular formula is C29H28ClNO4. The first-order valence-electron chi connectivity index (χ1n) is 11.4. The summed E-state index contributed by atoms with van der Waals surface area (Å²) < 4.78 is 17.4. The number of anilines is 1. The summed E-state index contributed by atoms with van der Waals surface area (Å²) in [4.78, 5) is 12.9. The van der Waals surface area contributed by atoms with Gasteiger partial charge in [0.15, 0.2) is 0 Å². The second kappa shape index (κ2) is 10.3. The van der Waals surface area contributed by atoms with Gasteiger partial charge in [-0.15, -0.1) is 0 Å². The van der Waals surface area contributed by atoms with Crippen LogP contribution in [-0.4, -0.2) is 19.6 Å². The number of halogens is 1. The predicted octanol–water partition coefficient (Wildman–Crippen LogP) is 7.82. The molecule has 4 rings (SSSR count). The number of fused-ring (bicyclic) bond motifs is 1.